The molecule has 0 aliphatic carbocycles. The van der Waals surface area contributed by atoms with Crippen LogP contribution in [0.15, 0.2) is 36.4 Å². The van der Waals surface area contributed by atoms with Crippen LogP contribution in [0.3, 0.4) is 0 Å². The fourth-order valence-corrected chi connectivity index (χ4v) is 2.45. The maximum Gasteiger partial charge on any atom is 0.331 e. The van der Waals surface area contributed by atoms with Crippen molar-refractivity contribution in [1.29, 1.82) is 0 Å². The maximum absolute atomic E-state index is 11.7. The van der Waals surface area contributed by atoms with Gasteiger partial charge >= 0.3 is 5.97 Å². The van der Waals surface area contributed by atoms with E-state index in [-0.39, 0.29) is 6.54 Å². The van der Waals surface area contributed by atoms with Gasteiger partial charge in [-0.1, -0.05) is 47.9 Å². The first-order chi connectivity index (χ1) is 12.5. The highest BCUT2D eigenvalue weighted by Crippen LogP contribution is 2.22. The topological polar surface area (TPSA) is 73.2 Å². The minimum absolute atomic E-state index is 0.0849. The normalized spacial score (nSPS) is 10.5. The summed E-state index contributed by atoms with van der Waals surface area (Å²) < 4.78 is 6.49. The monoisotopic (exact) mass is 371 g/mol. The van der Waals surface area contributed by atoms with E-state index in [4.69, 9.17) is 22.8 Å². The highest BCUT2D eigenvalue weighted by molar-refractivity contribution is 6.31. The van der Waals surface area contributed by atoms with Crippen molar-refractivity contribution in [2.45, 2.75) is 13.5 Å². The lowest BCUT2D eigenvalue weighted by molar-refractivity contribution is -0.143. The molecular weight excluding hydrogens is 354 g/mol. The predicted molar refractivity (Wildman–Crippen MR) is 99.4 cm³/mol. The molecule has 0 radical (unpaired) electrons. The van der Waals surface area contributed by atoms with Crippen LogP contribution in [0.4, 0.5) is 0 Å². The Morgan fingerprint density at radius 2 is 2.12 bits per heavy atom. The number of nitrogens with one attached hydrogen (secondary N) is 1. The summed E-state index contributed by atoms with van der Waals surface area (Å²) in [4.78, 5) is 23.0. The SMILES string of the molecule is C#CCNC(=O)COC(=O)/C=C/c1c(C)nn(Cc2ccccc2)c1Cl. The molecule has 26 heavy (non-hydrogen) atoms. The summed E-state index contributed by atoms with van der Waals surface area (Å²) in [5.74, 6) is 1.13. The van der Waals surface area contributed by atoms with Crippen molar-refractivity contribution in [3.63, 3.8) is 0 Å². The molecule has 1 N–H and O–H groups in total. The summed E-state index contributed by atoms with van der Waals surface area (Å²) in [5, 5.41) is 7.20. The minimum atomic E-state index is -0.660. The third-order valence-electron chi connectivity index (χ3n) is 3.40. The maximum atomic E-state index is 11.7. The quantitative estimate of drug-likeness (QED) is 0.460. The fourth-order valence-electron chi connectivity index (χ4n) is 2.15. The number of benzene rings is 1. The van der Waals surface area contributed by atoms with Crippen LogP contribution >= 0.6 is 11.6 Å². The first-order valence-corrected chi connectivity index (χ1v) is 8.21. The van der Waals surface area contributed by atoms with Crippen molar-refractivity contribution in [3.05, 3.63) is 58.4 Å². The number of aryl methyl sites for hydroxylation is 1. The molecule has 6 nitrogen and oxygen atoms in total. The first-order valence-electron chi connectivity index (χ1n) is 7.83. The minimum Gasteiger partial charge on any atom is -0.452 e. The summed E-state index contributed by atoms with van der Waals surface area (Å²) >= 11 is 6.36. The number of esters is 1. The van der Waals surface area contributed by atoms with Gasteiger partial charge in [0, 0.05) is 11.6 Å². The predicted octanol–water partition coefficient (Wildman–Crippen LogP) is 2.20. The van der Waals surface area contributed by atoms with Crippen molar-refractivity contribution in [1.82, 2.24) is 15.1 Å². The van der Waals surface area contributed by atoms with Gasteiger partial charge in [0.15, 0.2) is 6.61 Å². The second-order valence-electron chi connectivity index (χ2n) is 5.36. The Morgan fingerprint density at radius 1 is 1.38 bits per heavy atom. The van der Waals surface area contributed by atoms with Gasteiger partial charge in [0.2, 0.25) is 0 Å². The molecule has 2 aromatic rings. The zero-order valence-electron chi connectivity index (χ0n) is 14.2. The van der Waals surface area contributed by atoms with Crippen LogP contribution in [-0.2, 0) is 20.9 Å². The summed E-state index contributed by atoms with van der Waals surface area (Å²) in [6.07, 6.45) is 7.75. The molecule has 1 aromatic carbocycles. The van der Waals surface area contributed by atoms with E-state index in [9.17, 15) is 9.59 Å². The molecule has 2 rings (SSSR count). The van der Waals surface area contributed by atoms with Crippen LogP contribution in [0.25, 0.3) is 6.08 Å². The Morgan fingerprint density at radius 3 is 2.81 bits per heavy atom. The van der Waals surface area contributed by atoms with E-state index < -0.39 is 18.5 Å². The lowest BCUT2D eigenvalue weighted by atomic mass is 10.2. The smallest absolute Gasteiger partial charge is 0.331 e. The Balaban J connectivity index is 1.98. The standard InChI is InChI=1S/C19H18ClN3O3/c1-3-11-21-17(24)13-26-18(25)10-9-16-14(2)22-23(19(16)20)12-15-7-5-4-6-8-15/h1,4-10H,11-13H2,2H3,(H,21,24)/b10-9+. The summed E-state index contributed by atoms with van der Waals surface area (Å²) in [7, 11) is 0. The van der Waals surface area contributed by atoms with Gasteiger partial charge in [-0.2, -0.15) is 5.10 Å². The average Bonchev–Trinajstić information content (AvgIpc) is 2.90. The zero-order valence-corrected chi connectivity index (χ0v) is 15.0. The molecule has 0 aliphatic heterocycles. The van der Waals surface area contributed by atoms with Gasteiger partial charge in [-0.3, -0.25) is 4.79 Å². The number of terminal acetylenes is 1. The van der Waals surface area contributed by atoms with E-state index in [2.05, 4.69) is 16.3 Å². The van der Waals surface area contributed by atoms with Crippen molar-refractivity contribution < 1.29 is 14.3 Å². The highest BCUT2D eigenvalue weighted by atomic mass is 35.5. The lowest BCUT2D eigenvalue weighted by Crippen LogP contribution is -2.28. The molecular formula is C19H18ClN3O3. The van der Waals surface area contributed by atoms with Crippen LogP contribution in [0.5, 0.6) is 0 Å². The van der Waals surface area contributed by atoms with E-state index in [0.29, 0.717) is 23.0 Å². The van der Waals surface area contributed by atoms with Gasteiger partial charge in [-0.25, -0.2) is 9.48 Å². The Bertz CT molecular complexity index is 851. The van der Waals surface area contributed by atoms with E-state index in [1.165, 1.54) is 12.2 Å². The van der Waals surface area contributed by atoms with E-state index >= 15 is 0 Å². The van der Waals surface area contributed by atoms with E-state index in [0.717, 1.165) is 5.56 Å². The molecule has 0 saturated heterocycles. The molecule has 0 fully saturated rings. The average molecular weight is 372 g/mol. The van der Waals surface area contributed by atoms with Crippen LogP contribution in [0, 0.1) is 19.3 Å². The molecule has 0 aliphatic rings. The summed E-state index contributed by atoms with van der Waals surface area (Å²) in [6.45, 7) is 2.01. The molecule has 0 unspecified atom stereocenters. The third kappa shape index (κ3) is 5.50. The first kappa shape index (κ1) is 19.3. The number of rotatable bonds is 7. The van der Waals surface area contributed by atoms with Gasteiger partial charge in [-0.15, -0.1) is 6.42 Å². The summed E-state index contributed by atoms with van der Waals surface area (Å²) in [5.41, 5.74) is 2.36. The largest absolute Gasteiger partial charge is 0.452 e. The number of amides is 1. The number of aromatic nitrogens is 2. The fraction of sp³-hybridized carbons (Fsp3) is 0.211. The number of ether oxygens (including phenoxy) is 1. The molecule has 0 bridgehead atoms. The number of nitrogens with zero attached hydrogens (tertiary/aromatic N) is 2. The van der Waals surface area contributed by atoms with Crippen molar-refractivity contribution in [2.75, 3.05) is 13.2 Å². The molecule has 1 aromatic heterocycles. The molecule has 7 heteroatoms. The van der Waals surface area contributed by atoms with Gasteiger partial charge in [-0.05, 0) is 18.6 Å². The number of hydrogen-bond donors (Lipinski definition) is 1. The molecule has 0 saturated carbocycles. The van der Waals surface area contributed by atoms with E-state index in [1.54, 1.807) is 11.6 Å². The Labute approximate surface area is 156 Å². The highest BCUT2D eigenvalue weighted by Gasteiger charge is 2.12. The van der Waals surface area contributed by atoms with Gasteiger partial charge in [0.05, 0.1) is 18.8 Å². The van der Waals surface area contributed by atoms with Crippen LogP contribution in [0.1, 0.15) is 16.8 Å². The second-order valence-corrected chi connectivity index (χ2v) is 5.71. The molecule has 1 amide bonds. The molecule has 134 valence electrons. The number of carbonyl (C=O) groups is 2. The molecule has 0 atom stereocenters. The van der Waals surface area contributed by atoms with Crippen LogP contribution in [-0.4, -0.2) is 34.8 Å². The molecule has 0 spiro atoms. The van der Waals surface area contributed by atoms with Crippen molar-refractivity contribution >= 4 is 29.6 Å². The van der Waals surface area contributed by atoms with Crippen LogP contribution < -0.4 is 5.32 Å². The van der Waals surface area contributed by atoms with Crippen molar-refractivity contribution in [3.8, 4) is 12.3 Å². The number of hydrogen-bond acceptors (Lipinski definition) is 4. The molecule has 1 heterocycles. The third-order valence-corrected chi connectivity index (χ3v) is 3.80. The van der Waals surface area contributed by atoms with Crippen LogP contribution in [0.2, 0.25) is 5.15 Å². The lowest BCUT2D eigenvalue weighted by Gasteiger charge is -2.03. The van der Waals surface area contributed by atoms with Crippen molar-refractivity contribution in [2.24, 2.45) is 0 Å². The zero-order chi connectivity index (χ0) is 18.9. The number of carbonyl (C=O) groups excluding carboxylic acids is 2. The van der Waals surface area contributed by atoms with Gasteiger partial charge < -0.3 is 10.1 Å². The Hall–Kier alpha value is -3.04. The van der Waals surface area contributed by atoms with Gasteiger partial charge in [0.25, 0.3) is 5.91 Å². The van der Waals surface area contributed by atoms with E-state index in [1.807, 2.05) is 30.3 Å². The summed E-state index contributed by atoms with van der Waals surface area (Å²) in [6, 6.07) is 9.77. The number of halogens is 1. The second kappa shape index (κ2) is 9.44. The Kier molecular flexibility index (Phi) is 7.01. The van der Waals surface area contributed by atoms with Gasteiger partial charge in [0.1, 0.15) is 5.15 Å².